The first-order valence-electron chi connectivity index (χ1n) is 9.62. The smallest absolute Gasteiger partial charge is 0.218 e. The van der Waals surface area contributed by atoms with E-state index in [0.29, 0.717) is 25.6 Å². The number of aromatic nitrogens is 2. The minimum atomic E-state index is -3.32. The lowest BCUT2D eigenvalue weighted by molar-refractivity contribution is 0.440. The van der Waals surface area contributed by atoms with Gasteiger partial charge in [0, 0.05) is 42.5 Å². The molecule has 1 aliphatic heterocycles. The summed E-state index contributed by atoms with van der Waals surface area (Å²) in [5.41, 5.74) is 4.16. The average Bonchev–Trinajstić information content (AvgIpc) is 3.09. The van der Waals surface area contributed by atoms with Crippen molar-refractivity contribution in [3.63, 3.8) is 0 Å². The number of sulfonamides is 1. The maximum absolute atomic E-state index is 12.8. The topological polar surface area (TPSA) is 55.2 Å². The Kier molecular flexibility index (Phi) is 5.08. The molecule has 0 N–H and O–H groups in total. The van der Waals surface area contributed by atoms with Crippen LogP contribution in [0, 0.1) is 0 Å². The molecule has 0 unspecified atom stereocenters. The molecule has 5 nitrogen and oxygen atoms in total. The summed E-state index contributed by atoms with van der Waals surface area (Å²) in [6.45, 7) is 5.21. The molecule has 1 aliphatic rings. The summed E-state index contributed by atoms with van der Waals surface area (Å²) in [4.78, 5) is 4.55. The Balaban J connectivity index is 1.59. The van der Waals surface area contributed by atoms with Crippen molar-refractivity contribution in [2.45, 2.75) is 32.1 Å². The Hall–Kier alpha value is -2.44. The Morgan fingerprint density at radius 1 is 1.11 bits per heavy atom. The lowest BCUT2D eigenvalue weighted by Crippen LogP contribution is -2.35. The van der Waals surface area contributed by atoms with Crippen LogP contribution in [0.3, 0.4) is 0 Å². The molecule has 0 bridgehead atoms. The normalized spacial score (nSPS) is 15.9. The summed E-state index contributed by atoms with van der Waals surface area (Å²) in [6, 6.07) is 13.7. The fourth-order valence-electron chi connectivity index (χ4n) is 3.76. The number of benzene rings is 1. The predicted octanol–water partition coefficient (Wildman–Crippen LogP) is 4.24. The van der Waals surface area contributed by atoms with Crippen LogP contribution < -0.4 is 0 Å². The second-order valence-corrected chi connectivity index (χ2v) is 9.47. The molecule has 0 aliphatic carbocycles. The zero-order valence-corrected chi connectivity index (χ0v) is 17.1. The third-order valence-electron chi connectivity index (χ3n) is 5.25. The van der Waals surface area contributed by atoms with Gasteiger partial charge >= 0.3 is 0 Å². The van der Waals surface area contributed by atoms with Crippen molar-refractivity contribution in [2.24, 2.45) is 0 Å². The van der Waals surface area contributed by atoms with Crippen LogP contribution in [0.2, 0.25) is 0 Å². The molecule has 3 aromatic rings. The quantitative estimate of drug-likeness (QED) is 0.649. The molecule has 4 rings (SSSR count). The van der Waals surface area contributed by atoms with Crippen LogP contribution in [0.4, 0.5) is 0 Å². The molecular weight excluding hydrogens is 370 g/mol. The zero-order chi connectivity index (χ0) is 19.7. The van der Waals surface area contributed by atoms with E-state index < -0.39 is 10.0 Å². The van der Waals surface area contributed by atoms with E-state index in [9.17, 15) is 8.42 Å². The number of hydrogen-bond donors (Lipinski definition) is 0. The molecular formula is C22H25N3O2S. The molecule has 0 atom stereocenters. The lowest BCUT2D eigenvalue weighted by atomic mass is 10.0. The van der Waals surface area contributed by atoms with E-state index in [1.807, 2.05) is 42.6 Å². The van der Waals surface area contributed by atoms with Gasteiger partial charge in [0.2, 0.25) is 10.0 Å². The monoisotopic (exact) mass is 395 g/mol. The van der Waals surface area contributed by atoms with Gasteiger partial charge in [-0.25, -0.2) is 13.4 Å². The van der Waals surface area contributed by atoms with E-state index in [-0.39, 0.29) is 5.75 Å². The van der Waals surface area contributed by atoms with Gasteiger partial charge in [-0.2, -0.15) is 4.31 Å². The van der Waals surface area contributed by atoms with Gasteiger partial charge in [0.25, 0.3) is 0 Å². The van der Waals surface area contributed by atoms with E-state index in [2.05, 4.69) is 41.7 Å². The number of rotatable bonds is 5. The Labute approximate surface area is 166 Å². The highest BCUT2D eigenvalue weighted by molar-refractivity contribution is 7.88. The Bertz CT molecular complexity index is 1120. The van der Waals surface area contributed by atoms with Crippen molar-refractivity contribution < 1.29 is 8.42 Å². The SMILES string of the molecule is CC(C)n1cc(C2=CCN(S(=O)(=O)Cc3ccccc3)CC2)c2cccnc21. The number of fused-ring (bicyclic) bond motifs is 1. The Morgan fingerprint density at radius 3 is 2.57 bits per heavy atom. The summed E-state index contributed by atoms with van der Waals surface area (Å²) in [5, 5.41) is 1.13. The number of pyridine rings is 1. The molecule has 3 heterocycles. The third kappa shape index (κ3) is 3.62. The van der Waals surface area contributed by atoms with Crippen molar-refractivity contribution in [1.29, 1.82) is 0 Å². The van der Waals surface area contributed by atoms with E-state index in [1.165, 1.54) is 5.57 Å². The summed E-state index contributed by atoms with van der Waals surface area (Å²) in [7, 11) is -3.32. The van der Waals surface area contributed by atoms with Crippen molar-refractivity contribution in [3.05, 3.63) is 72.1 Å². The molecule has 0 radical (unpaired) electrons. The minimum absolute atomic E-state index is 0.0492. The van der Waals surface area contributed by atoms with Crippen molar-refractivity contribution in [2.75, 3.05) is 13.1 Å². The summed E-state index contributed by atoms with van der Waals surface area (Å²) >= 11 is 0. The highest BCUT2D eigenvalue weighted by Gasteiger charge is 2.26. The van der Waals surface area contributed by atoms with Gasteiger partial charge in [0.15, 0.2) is 0 Å². The van der Waals surface area contributed by atoms with Gasteiger partial charge in [-0.05, 0) is 43.5 Å². The zero-order valence-electron chi connectivity index (χ0n) is 16.2. The lowest BCUT2D eigenvalue weighted by Gasteiger charge is -2.26. The van der Waals surface area contributed by atoms with Crippen LogP contribution in [0.1, 0.15) is 37.4 Å². The first-order chi connectivity index (χ1) is 13.5. The maximum Gasteiger partial charge on any atom is 0.218 e. The minimum Gasteiger partial charge on any atom is -0.329 e. The van der Waals surface area contributed by atoms with Crippen molar-refractivity contribution >= 4 is 26.6 Å². The summed E-state index contributed by atoms with van der Waals surface area (Å²) < 4.78 is 29.3. The van der Waals surface area contributed by atoms with Gasteiger partial charge < -0.3 is 4.57 Å². The molecule has 28 heavy (non-hydrogen) atoms. The molecule has 0 spiro atoms. The van der Waals surface area contributed by atoms with E-state index in [1.54, 1.807) is 4.31 Å². The van der Waals surface area contributed by atoms with Gasteiger partial charge in [-0.3, -0.25) is 0 Å². The molecule has 1 aromatic carbocycles. The fourth-order valence-corrected chi connectivity index (χ4v) is 5.22. The second-order valence-electron chi connectivity index (χ2n) is 7.50. The van der Waals surface area contributed by atoms with Crippen LogP contribution in [0.25, 0.3) is 16.6 Å². The van der Waals surface area contributed by atoms with Crippen LogP contribution in [-0.4, -0.2) is 35.4 Å². The molecule has 0 amide bonds. The van der Waals surface area contributed by atoms with Gasteiger partial charge in [0.05, 0.1) is 5.75 Å². The summed E-state index contributed by atoms with van der Waals surface area (Å²) in [5.74, 6) is 0.0492. The van der Waals surface area contributed by atoms with E-state index >= 15 is 0 Å². The fraction of sp³-hybridized carbons (Fsp3) is 0.318. The predicted molar refractivity (Wildman–Crippen MR) is 113 cm³/mol. The van der Waals surface area contributed by atoms with Crippen LogP contribution in [-0.2, 0) is 15.8 Å². The maximum atomic E-state index is 12.8. The van der Waals surface area contributed by atoms with Gasteiger partial charge in [-0.15, -0.1) is 0 Å². The molecule has 0 saturated heterocycles. The van der Waals surface area contributed by atoms with Crippen LogP contribution in [0.5, 0.6) is 0 Å². The first-order valence-corrected chi connectivity index (χ1v) is 11.2. The highest BCUT2D eigenvalue weighted by atomic mass is 32.2. The Morgan fingerprint density at radius 2 is 1.89 bits per heavy atom. The molecule has 146 valence electrons. The molecule has 0 fully saturated rings. The molecule has 6 heteroatoms. The number of nitrogens with zero attached hydrogens (tertiary/aromatic N) is 3. The van der Waals surface area contributed by atoms with Crippen LogP contribution >= 0.6 is 0 Å². The second kappa shape index (κ2) is 7.53. The van der Waals surface area contributed by atoms with Crippen LogP contribution in [0.15, 0.2) is 60.9 Å². The molecule has 0 saturated carbocycles. The highest BCUT2D eigenvalue weighted by Crippen LogP contribution is 2.32. The van der Waals surface area contributed by atoms with Gasteiger partial charge in [-0.1, -0.05) is 36.4 Å². The number of hydrogen-bond acceptors (Lipinski definition) is 3. The standard InChI is InChI=1S/C22H25N3O2S/c1-17(2)25-15-21(20-9-6-12-23-22(20)25)19-10-13-24(14-11-19)28(26,27)16-18-7-4-3-5-8-18/h3-10,12,15,17H,11,13-14,16H2,1-2H3. The van der Waals surface area contributed by atoms with Crippen molar-refractivity contribution in [1.82, 2.24) is 13.9 Å². The molecule has 2 aromatic heterocycles. The largest absolute Gasteiger partial charge is 0.329 e. The van der Waals surface area contributed by atoms with E-state index in [4.69, 9.17) is 0 Å². The van der Waals surface area contributed by atoms with Crippen molar-refractivity contribution in [3.8, 4) is 0 Å². The average molecular weight is 396 g/mol. The summed E-state index contributed by atoms with van der Waals surface area (Å²) in [6.07, 6.45) is 6.74. The first kappa shape index (κ1) is 18.9. The van der Waals surface area contributed by atoms with Gasteiger partial charge in [0.1, 0.15) is 5.65 Å². The van der Waals surface area contributed by atoms with E-state index in [0.717, 1.165) is 22.2 Å². The third-order valence-corrected chi connectivity index (χ3v) is 7.07.